The van der Waals surface area contributed by atoms with Gasteiger partial charge in [0.1, 0.15) is 0 Å². The van der Waals surface area contributed by atoms with Gasteiger partial charge in [-0.05, 0) is 25.2 Å². The molecule has 8 heteroatoms. The zero-order chi connectivity index (χ0) is 14.5. The molecule has 19 heavy (non-hydrogen) atoms. The molecule has 0 aliphatic carbocycles. The second kappa shape index (κ2) is 6.39. The molecule has 1 amide bonds. The summed E-state index contributed by atoms with van der Waals surface area (Å²) in [6.45, 7) is 0.368. The van der Waals surface area contributed by atoms with E-state index in [0.29, 0.717) is 17.9 Å². The fourth-order valence-corrected chi connectivity index (χ4v) is 2.17. The average Bonchev–Trinajstić information content (AvgIpc) is 2.40. The van der Waals surface area contributed by atoms with Crippen molar-refractivity contribution in [2.75, 3.05) is 31.7 Å². The van der Waals surface area contributed by atoms with Gasteiger partial charge in [0.2, 0.25) is 15.9 Å². The van der Waals surface area contributed by atoms with E-state index in [0.717, 1.165) is 0 Å². The third-order valence-electron chi connectivity index (χ3n) is 2.55. The van der Waals surface area contributed by atoms with E-state index in [4.69, 9.17) is 5.73 Å². The molecule has 0 spiro atoms. The summed E-state index contributed by atoms with van der Waals surface area (Å²) in [7, 11) is -0.618. The monoisotopic (exact) mass is 286 g/mol. The Labute approximate surface area is 112 Å². The summed E-state index contributed by atoms with van der Waals surface area (Å²) in [6, 6.07) is 4.36. The van der Waals surface area contributed by atoms with Crippen molar-refractivity contribution in [1.82, 2.24) is 10.0 Å². The molecule has 0 saturated heterocycles. The van der Waals surface area contributed by atoms with Crippen molar-refractivity contribution < 1.29 is 13.2 Å². The third-order valence-corrected chi connectivity index (χ3v) is 3.96. The number of rotatable bonds is 6. The molecule has 0 aliphatic heterocycles. The second-order valence-corrected chi connectivity index (χ2v) is 5.69. The smallest absolute Gasteiger partial charge is 0.240 e. The quantitative estimate of drug-likeness (QED) is 0.537. The van der Waals surface area contributed by atoms with E-state index < -0.39 is 10.0 Å². The van der Waals surface area contributed by atoms with Crippen LogP contribution in [0.2, 0.25) is 0 Å². The van der Waals surface area contributed by atoms with Crippen LogP contribution in [-0.2, 0) is 14.8 Å². The van der Waals surface area contributed by atoms with Crippen LogP contribution >= 0.6 is 0 Å². The number of hydrogen-bond acceptors (Lipinski definition) is 5. The Morgan fingerprint density at radius 3 is 2.58 bits per heavy atom. The van der Waals surface area contributed by atoms with E-state index in [1.165, 1.54) is 25.2 Å². The molecule has 0 aliphatic rings. The minimum Gasteiger partial charge on any atom is -0.397 e. The van der Waals surface area contributed by atoms with Gasteiger partial charge in [0.25, 0.3) is 0 Å². The predicted octanol–water partition coefficient (Wildman–Crippen LogP) is -0.275. The standard InChI is InChI=1S/C11H18N4O3S/c1-13-11(16)5-6-15-10-7-8(3-4-9(10)12)19(17,18)14-2/h3-4,7,14-15H,5-6,12H2,1-2H3,(H,13,16). The molecule has 0 aromatic heterocycles. The Bertz CT molecular complexity index is 557. The Kier molecular flexibility index (Phi) is 5.13. The molecule has 1 aromatic rings. The maximum atomic E-state index is 11.6. The normalized spacial score (nSPS) is 11.1. The molecule has 106 valence electrons. The first-order valence-electron chi connectivity index (χ1n) is 5.68. The lowest BCUT2D eigenvalue weighted by molar-refractivity contribution is -0.120. The van der Waals surface area contributed by atoms with Crippen molar-refractivity contribution in [3.63, 3.8) is 0 Å². The molecule has 0 saturated carbocycles. The molecule has 0 atom stereocenters. The maximum Gasteiger partial charge on any atom is 0.240 e. The van der Waals surface area contributed by atoms with Crippen molar-refractivity contribution in [1.29, 1.82) is 0 Å². The highest BCUT2D eigenvalue weighted by molar-refractivity contribution is 7.89. The van der Waals surface area contributed by atoms with E-state index in [1.54, 1.807) is 7.05 Å². The van der Waals surface area contributed by atoms with Crippen LogP contribution in [0.3, 0.4) is 0 Å². The van der Waals surface area contributed by atoms with E-state index in [9.17, 15) is 13.2 Å². The Balaban J connectivity index is 2.84. The number of sulfonamides is 1. The van der Waals surface area contributed by atoms with E-state index >= 15 is 0 Å². The van der Waals surface area contributed by atoms with Gasteiger partial charge in [-0.3, -0.25) is 4.79 Å². The number of amides is 1. The topological polar surface area (TPSA) is 113 Å². The zero-order valence-corrected chi connectivity index (χ0v) is 11.7. The van der Waals surface area contributed by atoms with Gasteiger partial charge in [-0.2, -0.15) is 0 Å². The molecule has 0 radical (unpaired) electrons. The fraction of sp³-hybridized carbons (Fsp3) is 0.364. The van der Waals surface area contributed by atoms with Crippen molar-refractivity contribution in [2.45, 2.75) is 11.3 Å². The van der Waals surface area contributed by atoms with Crippen molar-refractivity contribution in [3.05, 3.63) is 18.2 Å². The molecule has 0 heterocycles. The molecule has 0 bridgehead atoms. The van der Waals surface area contributed by atoms with Gasteiger partial charge in [0.15, 0.2) is 0 Å². The number of nitrogens with one attached hydrogen (secondary N) is 3. The Hall–Kier alpha value is -1.80. The van der Waals surface area contributed by atoms with Crippen LogP contribution in [0.25, 0.3) is 0 Å². The van der Waals surface area contributed by atoms with Crippen molar-refractivity contribution in [2.24, 2.45) is 0 Å². The van der Waals surface area contributed by atoms with E-state index in [-0.39, 0.29) is 17.2 Å². The summed E-state index contributed by atoms with van der Waals surface area (Å²) in [6.07, 6.45) is 0.277. The van der Waals surface area contributed by atoms with Crippen LogP contribution in [0, 0.1) is 0 Å². The molecule has 0 unspecified atom stereocenters. The fourth-order valence-electron chi connectivity index (χ4n) is 1.41. The van der Waals surface area contributed by atoms with Crippen molar-refractivity contribution >= 4 is 27.3 Å². The number of hydrogen-bond donors (Lipinski definition) is 4. The molecule has 1 aromatic carbocycles. The lowest BCUT2D eigenvalue weighted by atomic mass is 10.2. The first-order valence-corrected chi connectivity index (χ1v) is 7.16. The van der Waals surface area contributed by atoms with Gasteiger partial charge in [-0.25, -0.2) is 13.1 Å². The minimum atomic E-state index is -3.51. The van der Waals surface area contributed by atoms with Gasteiger partial charge in [0.05, 0.1) is 16.3 Å². The minimum absolute atomic E-state index is 0.106. The summed E-state index contributed by atoms with van der Waals surface area (Å²) in [4.78, 5) is 11.2. The highest BCUT2D eigenvalue weighted by atomic mass is 32.2. The van der Waals surface area contributed by atoms with Crippen LogP contribution in [-0.4, -0.2) is 35.0 Å². The molecule has 1 rings (SSSR count). The van der Waals surface area contributed by atoms with Crippen LogP contribution in [0.15, 0.2) is 23.1 Å². The molecular weight excluding hydrogens is 268 g/mol. The van der Waals surface area contributed by atoms with Gasteiger partial charge >= 0.3 is 0 Å². The summed E-state index contributed by atoms with van der Waals surface area (Å²) >= 11 is 0. The van der Waals surface area contributed by atoms with Crippen LogP contribution in [0.4, 0.5) is 11.4 Å². The Morgan fingerprint density at radius 2 is 2.00 bits per heavy atom. The number of anilines is 2. The number of nitrogen functional groups attached to an aromatic ring is 1. The maximum absolute atomic E-state index is 11.6. The zero-order valence-electron chi connectivity index (χ0n) is 10.9. The lowest BCUT2D eigenvalue weighted by Gasteiger charge is -2.11. The predicted molar refractivity (Wildman–Crippen MR) is 74.3 cm³/mol. The molecule has 0 fully saturated rings. The SMILES string of the molecule is CNC(=O)CCNc1cc(S(=O)(=O)NC)ccc1N. The van der Waals surface area contributed by atoms with Gasteiger partial charge < -0.3 is 16.4 Å². The van der Waals surface area contributed by atoms with Gasteiger partial charge in [-0.15, -0.1) is 0 Å². The third kappa shape index (κ3) is 4.11. The van der Waals surface area contributed by atoms with E-state index in [2.05, 4.69) is 15.4 Å². The van der Waals surface area contributed by atoms with E-state index in [1.807, 2.05) is 0 Å². The Morgan fingerprint density at radius 1 is 1.32 bits per heavy atom. The first-order chi connectivity index (χ1) is 8.90. The highest BCUT2D eigenvalue weighted by Gasteiger charge is 2.13. The lowest BCUT2D eigenvalue weighted by Crippen LogP contribution is -2.21. The largest absolute Gasteiger partial charge is 0.397 e. The number of nitrogens with two attached hydrogens (primary N) is 1. The van der Waals surface area contributed by atoms with Crippen LogP contribution in [0.5, 0.6) is 0 Å². The van der Waals surface area contributed by atoms with Crippen molar-refractivity contribution in [3.8, 4) is 0 Å². The van der Waals surface area contributed by atoms with Crippen LogP contribution < -0.4 is 21.1 Å². The second-order valence-electron chi connectivity index (χ2n) is 3.81. The number of carbonyl (C=O) groups is 1. The number of benzene rings is 1. The molecule has 7 nitrogen and oxygen atoms in total. The summed E-state index contributed by atoms with van der Waals surface area (Å²) < 4.78 is 25.5. The molecule has 5 N–H and O–H groups in total. The number of carbonyl (C=O) groups excluding carboxylic acids is 1. The van der Waals surface area contributed by atoms with Crippen LogP contribution in [0.1, 0.15) is 6.42 Å². The summed E-state index contributed by atoms with van der Waals surface area (Å²) in [5, 5.41) is 5.43. The average molecular weight is 286 g/mol. The summed E-state index contributed by atoms with van der Waals surface area (Å²) in [5.41, 5.74) is 6.65. The summed E-state index contributed by atoms with van der Waals surface area (Å²) in [5.74, 6) is -0.106. The highest BCUT2D eigenvalue weighted by Crippen LogP contribution is 2.22. The van der Waals surface area contributed by atoms with Gasteiger partial charge in [0, 0.05) is 20.0 Å². The molecular formula is C11H18N4O3S. The van der Waals surface area contributed by atoms with Gasteiger partial charge in [-0.1, -0.05) is 0 Å². The first kappa shape index (κ1) is 15.3.